The van der Waals surface area contributed by atoms with Crippen molar-refractivity contribution in [1.82, 2.24) is 15.2 Å². The van der Waals surface area contributed by atoms with Crippen LogP contribution in [0.4, 0.5) is 23.2 Å². The number of rotatable bonds is 5. The Bertz CT molecular complexity index is 959. The molecule has 3 heterocycles. The fraction of sp³-hybridized carbons (Fsp3) is 0.222. The van der Waals surface area contributed by atoms with E-state index in [1.165, 1.54) is 0 Å². The molecule has 0 saturated carbocycles. The molecule has 1 aromatic carbocycles. The van der Waals surface area contributed by atoms with E-state index in [0.717, 1.165) is 30.4 Å². The maximum Gasteiger partial charge on any atom is 0.320 e. The molecule has 8 nitrogen and oxygen atoms in total. The summed E-state index contributed by atoms with van der Waals surface area (Å²) in [5, 5.41) is 13.8. The number of hydrogen-bond donors (Lipinski definition) is 2. The quantitative estimate of drug-likeness (QED) is 0.650. The van der Waals surface area contributed by atoms with Gasteiger partial charge in [0.1, 0.15) is 5.82 Å². The zero-order valence-electron chi connectivity index (χ0n) is 14.8. The molecule has 0 atom stereocenters. The lowest BCUT2D eigenvalue weighted by Crippen LogP contribution is -2.33. The maximum atomic E-state index is 12.3. The van der Waals surface area contributed by atoms with Gasteiger partial charge in [-0.15, -0.1) is 5.10 Å². The lowest BCUT2D eigenvalue weighted by Gasteiger charge is -2.27. The molecule has 144 valence electrons. The zero-order chi connectivity index (χ0) is 19.3. The van der Waals surface area contributed by atoms with E-state index in [9.17, 15) is 4.79 Å². The number of carbonyl (C=O) groups is 1. The Morgan fingerprint density at radius 2 is 2.00 bits per heavy atom. The Kier molecular flexibility index (Phi) is 5.63. The fourth-order valence-electron chi connectivity index (χ4n) is 2.68. The second-order valence-electron chi connectivity index (χ2n) is 6.01. The molecule has 1 saturated heterocycles. The molecule has 2 N–H and O–H groups in total. The van der Waals surface area contributed by atoms with Crippen LogP contribution in [0.15, 0.2) is 47.0 Å². The third kappa shape index (κ3) is 4.55. The number of nitrogens with one attached hydrogen (secondary N) is 2. The molecule has 1 aliphatic heterocycles. The smallest absolute Gasteiger partial charge is 0.320 e. The van der Waals surface area contributed by atoms with Crippen LogP contribution in [0.5, 0.6) is 0 Å². The first kappa shape index (κ1) is 18.6. The molecule has 2 aromatic heterocycles. The molecule has 3 aromatic rings. The van der Waals surface area contributed by atoms with Crippen LogP contribution in [-0.2, 0) is 0 Å². The second-order valence-corrected chi connectivity index (χ2v) is 7.67. The largest absolute Gasteiger partial charge is 0.399 e. The van der Waals surface area contributed by atoms with E-state index in [0.29, 0.717) is 16.4 Å². The summed E-state index contributed by atoms with van der Waals surface area (Å²) in [5.74, 6) is 2.45. The number of pyridine rings is 1. The highest BCUT2D eigenvalue weighted by Gasteiger charge is 2.16. The summed E-state index contributed by atoms with van der Waals surface area (Å²) < 4.78 is 5.36. The Labute approximate surface area is 170 Å². The summed E-state index contributed by atoms with van der Waals surface area (Å²) in [5.41, 5.74) is 1.24. The lowest BCUT2D eigenvalue weighted by atomic mass is 10.3. The van der Waals surface area contributed by atoms with E-state index in [-0.39, 0.29) is 11.9 Å². The lowest BCUT2D eigenvalue weighted by molar-refractivity contribution is 0.0991. The van der Waals surface area contributed by atoms with Crippen molar-refractivity contribution < 1.29 is 9.21 Å². The van der Waals surface area contributed by atoms with Crippen LogP contribution in [0.1, 0.15) is 10.7 Å². The van der Waals surface area contributed by atoms with Crippen molar-refractivity contribution in [3.63, 3.8) is 0 Å². The maximum absolute atomic E-state index is 12.3. The third-order valence-electron chi connectivity index (χ3n) is 4.04. The molecule has 0 spiro atoms. The van der Waals surface area contributed by atoms with E-state index < -0.39 is 5.91 Å². The molecule has 1 aliphatic rings. The highest BCUT2D eigenvalue weighted by molar-refractivity contribution is 7.99. The van der Waals surface area contributed by atoms with Crippen molar-refractivity contribution in [2.45, 2.75) is 0 Å². The normalized spacial score (nSPS) is 14.0. The van der Waals surface area contributed by atoms with Crippen molar-refractivity contribution in [1.29, 1.82) is 0 Å². The minimum Gasteiger partial charge on any atom is -0.399 e. The average Bonchev–Trinajstić information content (AvgIpc) is 3.18. The van der Waals surface area contributed by atoms with Gasteiger partial charge in [0.05, 0.1) is 11.9 Å². The van der Waals surface area contributed by atoms with Crippen LogP contribution >= 0.6 is 23.4 Å². The van der Waals surface area contributed by atoms with E-state index in [1.807, 2.05) is 23.9 Å². The Balaban J connectivity index is 1.37. The van der Waals surface area contributed by atoms with Gasteiger partial charge in [-0.05, 0) is 30.3 Å². The van der Waals surface area contributed by atoms with E-state index in [4.69, 9.17) is 16.0 Å². The number of aromatic nitrogens is 3. The number of benzene rings is 1. The molecule has 28 heavy (non-hydrogen) atoms. The average molecular weight is 417 g/mol. The standard InChI is InChI=1S/C18H17ClN6O2S/c19-12-2-1-3-13(10-12)22-18-24-23-17(27-18)16(26)21-14-4-5-15(20-11-14)25-6-8-28-9-7-25/h1-5,10-11H,6-9H2,(H,21,26)(H,22,24). The zero-order valence-corrected chi connectivity index (χ0v) is 16.3. The SMILES string of the molecule is O=C(Nc1ccc(N2CCSCC2)nc1)c1nnc(Nc2cccc(Cl)c2)o1. The molecule has 1 amide bonds. The van der Waals surface area contributed by atoms with Crippen LogP contribution in [0.2, 0.25) is 5.02 Å². The van der Waals surface area contributed by atoms with Gasteiger partial charge in [0, 0.05) is 35.3 Å². The Morgan fingerprint density at radius 1 is 1.14 bits per heavy atom. The molecule has 10 heteroatoms. The summed E-state index contributed by atoms with van der Waals surface area (Å²) >= 11 is 7.88. The van der Waals surface area contributed by atoms with Gasteiger partial charge < -0.3 is 20.0 Å². The molecule has 0 aliphatic carbocycles. The summed E-state index contributed by atoms with van der Waals surface area (Å²) in [4.78, 5) is 19.0. The van der Waals surface area contributed by atoms with Gasteiger partial charge in [0.15, 0.2) is 0 Å². The van der Waals surface area contributed by atoms with Gasteiger partial charge >= 0.3 is 17.8 Å². The van der Waals surface area contributed by atoms with Crippen LogP contribution in [0, 0.1) is 0 Å². The predicted octanol–water partition coefficient (Wildman–Crippen LogP) is 3.67. The van der Waals surface area contributed by atoms with Crippen molar-refractivity contribution in [3.05, 3.63) is 53.5 Å². The minimum atomic E-state index is -0.504. The Morgan fingerprint density at radius 3 is 2.75 bits per heavy atom. The molecule has 0 radical (unpaired) electrons. The molecular formula is C18H17ClN6O2S. The first-order valence-electron chi connectivity index (χ1n) is 8.63. The van der Waals surface area contributed by atoms with E-state index in [1.54, 1.807) is 30.5 Å². The van der Waals surface area contributed by atoms with Gasteiger partial charge in [0.25, 0.3) is 0 Å². The fourth-order valence-corrected chi connectivity index (χ4v) is 3.77. The summed E-state index contributed by atoms with van der Waals surface area (Å²) in [6, 6.07) is 10.8. The summed E-state index contributed by atoms with van der Waals surface area (Å²) in [7, 11) is 0. The minimum absolute atomic E-state index is 0.101. The topological polar surface area (TPSA) is 96.2 Å². The third-order valence-corrected chi connectivity index (χ3v) is 5.21. The van der Waals surface area contributed by atoms with E-state index >= 15 is 0 Å². The van der Waals surface area contributed by atoms with Crippen LogP contribution in [0.3, 0.4) is 0 Å². The predicted molar refractivity (Wildman–Crippen MR) is 111 cm³/mol. The van der Waals surface area contributed by atoms with Gasteiger partial charge in [-0.3, -0.25) is 4.79 Å². The Hall–Kier alpha value is -2.78. The van der Waals surface area contributed by atoms with Gasteiger partial charge in [-0.1, -0.05) is 22.8 Å². The summed E-state index contributed by atoms with van der Waals surface area (Å²) in [6.07, 6.45) is 1.62. The van der Waals surface area contributed by atoms with Crippen molar-refractivity contribution >= 4 is 52.5 Å². The number of halogens is 1. The van der Waals surface area contributed by atoms with Crippen molar-refractivity contribution in [2.24, 2.45) is 0 Å². The molecule has 0 bridgehead atoms. The first-order chi connectivity index (χ1) is 13.7. The molecule has 0 unspecified atom stereocenters. The van der Waals surface area contributed by atoms with Crippen molar-refractivity contribution in [2.75, 3.05) is 40.1 Å². The number of amides is 1. The van der Waals surface area contributed by atoms with Gasteiger partial charge in [-0.2, -0.15) is 11.8 Å². The number of nitrogens with zero attached hydrogens (tertiary/aromatic N) is 4. The van der Waals surface area contributed by atoms with E-state index in [2.05, 4.69) is 30.7 Å². The first-order valence-corrected chi connectivity index (χ1v) is 10.2. The highest BCUT2D eigenvalue weighted by Crippen LogP contribution is 2.21. The number of carbonyl (C=O) groups excluding carboxylic acids is 1. The van der Waals surface area contributed by atoms with Crippen molar-refractivity contribution in [3.8, 4) is 0 Å². The molecular weight excluding hydrogens is 400 g/mol. The molecule has 4 rings (SSSR count). The van der Waals surface area contributed by atoms with Crippen LogP contribution in [-0.4, -0.2) is 45.7 Å². The monoisotopic (exact) mass is 416 g/mol. The number of hydrogen-bond acceptors (Lipinski definition) is 8. The second kappa shape index (κ2) is 8.49. The molecule has 1 fully saturated rings. The van der Waals surface area contributed by atoms with Crippen LogP contribution < -0.4 is 15.5 Å². The highest BCUT2D eigenvalue weighted by atomic mass is 35.5. The van der Waals surface area contributed by atoms with Crippen LogP contribution in [0.25, 0.3) is 0 Å². The van der Waals surface area contributed by atoms with Gasteiger partial charge in [0.2, 0.25) is 0 Å². The number of anilines is 4. The summed E-state index contributed by atoms with van der Waals surface area (Å²) in [6.45, 7) is 1.96. The number of thioether (sulfide) groups is 1. The van der Waals surface area contributed by atoms with Gasteiger partial charge in [-0.25, -0.2) is 4.98 Å².